The molecule has 1 aromatic heterocycles. The van der Waals surface area contributed by atoms with E-state index in [1.54, 1.807) is 30.5 Å². The molecule has 24 heavy (non-hydrogen) atoms. The fourth-order valence-corrected chi connectivity index (χ4v) is 2.99. The van der Waals surface area contributed by atoms with Crippen LogP contribution in [0.15, 0.2) is 36.5 Å². The smallest absolute Gasteiger partial charge is 0.380 e. The Hall–Kier alpha value is -2.15. The van der Waals surface area contributed by atoms with Gasteiger partial charge in [0.2, 0.25) is 0 Å². The van der Waals surface area contributed by atoms with Crippen molar-refractivity contribution in [2.75, 3.05) is 13.1 Å². The van der Waals surface area contributed by atoms with Gasteiger partial charge in [0.1, 0.15) is 0 Å². The number of fused-ring (bicyclic) bond motifs is 1. The van der Waals surface area contributed by atoms with Gasteiger partial charge in [0, 0.05) is 36.7 Å². The average molecular weight is 338 g/mol. The first-order valence-corrected chi connectivity index (χ1v) is 7.73. The number of aliphatic hydroxyl groups is 1. The second-order valence-corrected chi connectivity index (χ2v) is 6.09. The molecular formula is C17H17F3N2O2. The molecule has 1 amide bonds. The van der Waals surface area contributed by atoms with Crippen LogP contribution in [-0.2, 0) is 0 Å². The highest BCUT2D eigenvalue weighted by atomic mass is 19.4. The maximum Gasteiger partial charge on any atom is 0.417 e. The van der Waals surface area contributed by atoms with Crippen LogP contribution in [0.5, 0.6) is 0 Å². The number of carbonyl (C=O) groups excluding carboxylic acids is 1. The molecule has 2 aromatic rings. The number of likely N-dealkylation sites (tertiary alicyclic amines) is 1. The van der Waals surface area contributed by atoms with Gasteiger partial charge >= 0.3 is 6.18 Å². The quantitative estimate of drug-likeness (QED) is 0.869. The van der Waals surface area contributed by atoms with E-state index in [1.807, 2.05) is 6.07 Å². The van der Waals surface area contributed by atoms with Crippen LogP contribution in [0.3, 0.4) is 0 Å². The molecule has 0 saturated carbocycles. The first-order valence-electron chi connectivity index (χ1n) is 7.73. The Labute approximate surface area is 136 Å². The zero-order valence-corrected chi connectivity index (χ0v) is 12.9. The molecule has 1 saturated heterocycles. The standard InChI is InChI=1S/C17H17F3N2O2/c18-17(19,20)16(24)6-2-9-22(10-7-16)15(23)13-5-4-12-3-1-8-21-14(12)11-13/h1,3-5,8,11,24H,2,6-7,9-10H2. The van der Waals surface area contributed by atoms with Crippen LogP contribution in [0.25, 0.3) is 10.9 Å². The lowest BCUT2D eigenvalue weighted by Gasteiger charge is -2.29. The minimum Gasteiger partial charge on any atom is -0.380 e. The molecule has 4 nitrogen and oxygen atoms in total. The van der Waals surface area contributed by atoms with E-state index in [4.69, 9.17) is 0 Å². The Morgan fingerprint density at radius 1 is 1.21 bits per heavy atom. The second-order valence-electron chi connectivity index (χ2n) is 6.09. The van der Waals surface area contributed by atoms with Crippen molar-refractivity contribution < 1.29 is 23.1 Å². The van der Waals surface area contributed by atoms with Crippen molar-refractivity contribution in [1.29, 1.82) is 0 Å². The first kappa shape index (κ1) is 16.7. The zero-order valence-electron chi connectivity index (χ0n) is 12.9. The summed E-state index contributed by atoms with van der Waals surface area (Å²) >= 11 is 0. The summed E-state index contributed by atoms with van der Waals surface area (Å²) in [5.74, 6) is -0.339. The normalized spacial score (nSPS) is 22.4. The van der Waals surface area contributed by atoms with Gasteiger partial charge in [-0.25, -0.2) is 0 Å². The summed E-state index contributed by atoms with van der Waals surface area (Å²) in [6.45, 7) is 0.0621. The molecule has 1 fully saturated rings. The molecule has 128 valence electrons. The predicted octanol–water partition coefficient (Wildman–Crippen LogP) is 3.15. The maximum absolute atomic E-state index is 13.0. The Kier molecular flexibility index (Phi) is 4.21. The third-order valence-electron chi connectivity index (χ3n) is 4.48. The molecule has 0 bridgehead atoms. The molecule has 0 radical (unpaired) electrons. The molecule has 0 spiro atoms. The molecule has 1 unspecified atom stereocenters. The summed E-state index contributed by atoms with van der Waals surface area (Å²) in [5, 5.41) is 10.7. The van der Waals surface area contributed by atoms with Crippen molar-refractivity contribution in [1.82, 2.24) is 9.88 Å². The van der Waals surface area contributed by atoms with Crippen LogP contribution in [0.2, 0.25) is 0 Å². The average Bonchev–Trinajstić information content (AvgIpc) is 2.76. The van der Waals surface area contributed by atoms with Gasteiger partial charge in [-0.15, -0.1) is 0 Å². The van der Waals surface area contributed by atoms with Crippen LogP contribution in [0, 0.1) is 0 Å². The number of nitrogens with zero attached hydrogens (tertiary/aromatic N) is 2. The molecule has 3 rings (SSSR count). The zero-order chi connectivity index (χ0) is 17.4. The summed E-state index contributed by atoms with van der Waals surface area (Å²) in [6.07, 6.45) is -3.86. The fraction of sp³-hybridized carbons (Fsp3) is 0.412. The molecule has 2 heterocycles. The van der Waals surface area contributed by atoms with E-state index >= 15 is 0 Å². The van der Waals surface area contributed by atoms with E-state index in [9.17, 15) is 23.1 Å². The number of benzene rings is 1. The van der Waals surface area contributed by atoms with Crippen molar-refractivity contribution >= 4 is 16.8 Å². The second kappa shape index (κ2) is 6.05. The van der Waals surface area contributed by atoms with Crippen molar-refractivity contribution in [2.45, 2.75) is 31.0 Å². The molecule has 1 aliphatic heterocycles. The van der Waals surface area contributed by atoms with Crippen LogP contribution >= 0.6 is 0 Å². The number of amides is 1. The van der Waals surface area contributed by atoms with E-state index in [-0.39, 0.29) is 31.8 Å². The first-order chi connectivity index (χ1) is 11.3. The van der Waals surface area contributed by atoms with Gasteiger partial charge in [0.15, 0.2) is 5.60 Å². The Bertz CT molecular complexity index is 763. The fourth-order valence-electron chi connectivity index (χ4n) is 2.99. The highest BCUT2D eigenvalue weighted by Gasteiger charge is 2.53. The van der Waals surface area contributed by atoms with Crippen molar-refractivity contribution in [2.24, 2.45) is 0 Å². The van der Waals surface area contributed by atoms with Gasteiger partial charge in [-0.3, -0.25) is 9.78 Å². The van der Waals surface area contributed by atoms with Gasteiger partial charge in [-0.05, 0) is 31.0 Å². The van der Waals surface area contributed by atoms with Crippen LogP contribution in [0.4, 0.5) is 13.2 Å². The summed E-state index contributed by atoms with van der Waals surface area (Å²) < 4.78 is 38.9. The number of pyridine rings is 1. The van der Waals surface area contributed by atoms with Gasteiger partial charge in [-0.2, -0.15) is 13.2 Å². The number of rotatable bonds is 1. The summed E-state index contributed by atoms with van der Waals surface area (Å²) in [6, 6.07) is 8.70. The van der Waals surface area contributed by atoms with Gasteiger partial charge in [0.25, 0.3) is 5.91 Å². The number of halogens is 3. The summed E-state index contributed by atoms with van der Waals surface area (Å²) in [7, 11) is 0. The van der Waals surface area contributed by atoms with E-state index in [2.05, 4.69) is 4.98 Å². The number of alkyl halides is 3. The molecule has 1 N–H and O–H groups in total. The lowest BCUT2D eigenvalue weighted by Crippen LogP contribution is -2.46. The number of hydrogen-bond donors (Lipinski definition) is 1. The molecule has 1 aliphatic rings. The summed E-state index contributed by atoms with van der Waals surface area (Å²) in [4.78, 5) is 18.1. The van der Waals surface area contributed by atoms with E-state index in [1.165, 1.54) is 4.90 Å². The van der Waals surface area contributed by atoms with Crippen LogP contribution < -0.4 is 0 Å². The molecule has 1 atom stereocenters. The molecular weight excluding hydrogens is 321 g/mol. The van der Waals surface area contributed by atoms with E-state index in [0.717, 1.165) is 5.39 Å². The minimum absolute atomic E-state index is 0.105. The SMILES string of the molecule is O=C(c1ccc2cccnc2c1)N1CCCC(O)(C(F)(F)F)CC1. The molecule has 7 heteroatoms. The summed E-state index contributed by atoms with van der Waals surface area (Å²) in [5.41, 5.74) is -1.67. The Morgan fingerprint density at radius 3 is 2.75 bits per heavy atom. The Morgan fingerprint density at radius 2 is 2.00 bits per heavy atom. The van der Waals surface area contributed by atoms with Crippen molar-refractivity contribution in [3.8, 4) is 0 Å². The third kappa shape index (κ3) is 3.08. The van der Waals surface area contributed by atoms with Gasteiger partial charge in [-0.1, -0.05) is 12.1 Å². The monoisotopic (exact) mass is 338 g/mol. The number of carbonyl (C=O) groups is 1. The van der Waals surface area contributed by atoms with Crippen molar-refractivity contribution in [3.05, 3.63) is 42.1 Å². The molecule has 1 aromatic carbocycles. The van der Waals surface area contributed by atoms with E-state index in [0.29, 0.717) is 11.1 Å². The lowest BCUT2D eigenvalue weighted by atomic mass is 9.94. The number of hydrogen-bond acceptors (Lipinski definition) is 3. The van der Waals surface area contributed by atoms with Crippen LogP contribution in [-0.4, -0.2) is 45.8 Å². The van der Waals surface area contributed by atoms with E-state index < -0.39 is 18.2 Å². The Balaban J connectivity index is 1.79. The van der Waals surface area contributed by atoms with Gasteiger partial charge in [0.05, 0.1) is 5.52 Å². The van der Waals surface area contributed by atoms with Crippen LogP contribution in [0.1, 0.15) is 29.6 Å². The maximum atomic E-state index is 13.0. The highest BCUT2D eigenvalue weighted by Crippen LogP contribution is 2.38. The third-order valence-corrected chi connectivity index (χ3v) is 4.48. The highest BCUT2D eigenvalue weighted by molar-refractivity contribution is 5.97. The predicted molar refractivity (Wildman–Crippen MR) is 82.5 cm³/mol. The largest absolute Gasteiger partial charge is 0.417 e. The number of aromatic nitrogens is 1. The van der Waals surface area contributed by atoms with Gasteiger partial charge < -0.3 is 10.0 Å². The topological polar surface area (TPSA) is 53.4 Å². The molecule has 0 aliphatic carbocycles. The minimum atomic E-state index is -4.68. The van der Waals surface area contributed by atoms with Crippen molar-refractivity contribution in [3.63, 3.8) is 0 Å². The lowest BCUT2D eigenvalue weighted by molar-refractivity contribution is -0.263.